The molecule has 9 heteroatoms. The van der Waals surface area contributed by atoms with Gasteiger partial charge in [0.05, 0.1) is 9.82 Å². The van der Waals surface area contributed by atoms with Crippen molar-refractivity contribution in [2.75, 3.05) is 55.1 Å². The van der Waals surface area contributed by atoms with Crippen molar-refractivity contribution in [1.82, 2.24) is 9.62 Å². The maximum atomic E-state index is 14.8. The zero-order valence-electron chi connectivity index (χ0n) is 32.6. The van der Waals surface area contributed by atoms with Crippen LogP contribution in [0.3, 0.4) is 0 Å². The summed E-state index contributed by atoms with van der Waals surface area (Å²) in [4.78, 5) is 13.8. The molecule has 29 heavy (non-hydrogen) atoms. The molecule has 0 bridgehead atoms. The number of benzene rings is 1. The number of sulfonamides is 1. The van der Waals surface area contributed by atoms with E-state index in [4.69, 9.17) is 23.4 Å². The molecule has 0 aliphatic carbocycles. The van der Waals surface area contributed by atoms with Gasteiger partial charge >= 0.3 is 0 Å². The van der Waals surface area contributed by atoms with E-state index < -0.39 is 127 Å². The summed E-state index contributed by atoms with van der Waals surface area (Å²) < 4.78 is 173. The van der Waals surface area contributed by atoms with Crippen LogP contribution in [0.25, 0.3) is 0 Å². The Morgan fingerprint density at radius 1 is 1.41 bits per heavy atom. The van der Waals surface area contributed by atoms with Crippen molar-refractivity contribution in [2.45, 2.75) is 33.5 Å². The molecule has 1 amide bonds. The second kappa shape index (κ2) is 10.9. The number of nitrogens with zero attached hydrogens (tertiary/aromatic N) is 2. The zero-order chi connectivity index (χ0) is 36.1. The van der Waals surface area contributed by atoms with E-state index in [9.17, 15) is 17.6 Å². The summed E-state index contributed by atoms with van der Waals surface area (Å²) in [5.41, 5.74) is -5.53. The molecule has 0 radical (unpaired) electrons. The van der Waals surface area contributed by atoms with Crippen molar-refractivity contribution in [2.24, 2.45) is 5.89 Å². The Morgan fingerprint density at radius 2 is 2.14 bits per heavy atom. The molecule has 1 aromatic rings. The smallest absolute Gasteiger partial charge is 0.221 e. The first-order valence-electron chi connectivity index (χ1n) is 17.1. The molecule has 0 spiro atoms. The number of anilines is 2. The highest BCUT2D eigenvalue weighted by atomic mass is 32.2. The van der Waals surface area contributed by atoms with Gasteiger partial charge < -0.3 is 10.2 Å². The fraction of sp³-hybridized carbons (Fsp3) is 0.650. The maximum absolute atomic E-state index is 14.8. The highest BCUT2D eigenvalue weighted by Crippen LogP contribution is 2.23. The van der Waals surface area contributed by atoms with E-state index >= 15 is 0 Å². The number of carbonyl (C=O) groups is 1. The lowest BCUT2D eigenvalue weighted by atomic mass is 10.2. The quantitative estimate of drug-likeness (QED) is 0.577. The summed E-state index contributed by atoms with van der Waals surface area (Å²) in [7, 11) is -5.72. The van der Waals surface area contributed by atoms with Crippen molar-refractivity contribution in [3.8, 4) is 0 Å². The minimum atomic E-state index is -5.72. The number of rotatable bonds is 10. The number of hydrogen-bond acceptors (Lipinski definition) is 5. The van der Waals surface area contributed by atoms with Gasteiger partial charge in [-0.3, -0.25) is 9.69 Å². The van der Waals surface area contributed by atoms with Crippen molar-refractivity contribution in [3.63, 3.8) is 0 Å². The van der Waals surface area contributed by atoms with Crippen molar-refractivity contribution < 1.29 is 41.0 Å². The van der Waals surface area contributed by atoms with Gasteiger partial charge in [0.1, 0.15) is 7.23 Å². The zero-order valence-corrected chi connectivity index (χ0v) is 16.4. The van der Waals surface area contributed by atoms with Crippen LogP contribution < -0.4 is 14.9 Å². The molecule has 2 rings (SSSR count). The topological polar surface area (TPSA) is 81.8 Å². The number of halogens is 1. The lowest BCUT2D eigenvalue weighted by Crippen LogP contribution is -2.46. The van der Waals surface area contributed by atoms with E-state index in [0.717, 1.165) is 16.7 Å². The Kier molecular flexibility index (Phi) is 3.45. The molecule has 1 saturated heterocycles. The highest BCUT2D eigenvalue weighted by Gasteiger charge is 2.18. The monoisotopic (exact) mass is 445 g/mol. The van der Waals surface area contributed by atoms with E-state index in [1.54, 1.807) is 0 Å². The molecular weight excluding hydrogens is 395 g/mol. The Morgan fingerprint density at radius 3 is 2.79 bits per heavy atom. The summed E-state index contributed by atoms with van der Waals surface area (Å²) in [5.74, 6) is -6.57. The third kappa shape index (κ3) is 8.67. The van der Waals surface area contributed by atoms with E-state index in [2.05, 4.69) is 0 Å². The first-order valence-corrected chi connectivity index (χ1v) is 9.92. The summed E-state index contributed by atoms with van der Waals surface area (Å²) >= 11 is 0. The van der Waals surface area contributed by atoms with Crippen LogP contribution >= 0.6 is 0 Å². The largest absolute Gasteiger partial charge is 0.369 e. The Hall–Kier alpha value is -1.71. The second-order valence-electron chi connectivity index (χ2n) is 5.86. The van der Waals surface area contributed by atoms with Crippen molar-refractivity contribution >= 4 is 27.3 Å². The maximum Gasteiger partial charge on any atom is 0.221 e. The highest BCUT2D eigenvalue weighted by molar-refractivity contribution is 7.89. The van der Waals surface area contributed by atoms with Crippen LogP contribution in [0.2, 0.25) is 2.82 Å². The summed E-state index contributed by atoms with van der Waals surface area (Å²) in [5, 5.41) is 0.112. The fourth-order valence-corrected chi connectivity index (χ4v) is 3.02. The van der Waals surface area contributed by atoms with Gasteiger partial charge in [-0.15, -0.1) is 0 Å². The van der Waals surface area contributed by atoms with Crippen LogP contribution in [0.4, 0.5) is 15.8 Å². The van der Waals surface area contributed by atoms with Gasteiger partial charge in [0.15, 0.2) is 1.41 Å². The fourth-order valence-electron chi connectivity index (χ4n) is 2.33. The van der Waals surface area contributed by atoms with Gasteiger partial charge in [-0.1, -0.05) is 13.7 Å². The number of hydrogen-bond donors (Lipinski definition) is 2. The van der Waals surface area contributed by atoms with Crippen LogP contribution in [0.5, 0.6) is 0 Å². The normalized spacial score (nSPS) is 32.2. The van der Waals surface area contributed by atoms with Crippen LogP contribution in [-0.2, 0) is 14.8 Å². The predicted molar refractivity (Wildman–Crippen MR) is 115 cm³/mol. The van der Waals surface area contributed by atoms with Crippen molar-refractivity contribution in [1.29, 1.82) is 0 Å². The van der Waals surface area contributed by atoms with E-state index in [0.29, 0.717) is 0 Å². The van der Waals surface area contributed by atoms with Gasteiger partial charge in [0.2, 0.25) is 15.9 Å². The number of nitrogens with one attached hydrogen (secondary N) is 2. The average Bonchev–Trinajstić information content (AvgIpc) is 2.89. The third-order valence-corrected chi connectivity index (χ3v) is 4.48. The number of amides is 1. The number of carbonyl (C=O) groups excluding carboxylic acids is 1. The molecule has 164 valence electrons. The van der Waals surface area contributed by atoms with Gasteiger partial charge in [-0.25, -0.2) is 17.5 Å². The molecule has 1 aliphatic heterocycles. The molecule has 0 aromatic heterocycles. The molecule has 1 heterocycles. The molecule has 3 unspecified atom stereocenters. The van der Waals surface area contributed by atoms with E-state index in [1.165, 1.54) is 0 Å². The molecule has 1 aromatic carbocycles. The minimum absolute atomic E-state index is 0.112. The minimum Gasteiger partial charge on any atom is -0.369 e. The number of piperazine rings is 1. The van der Waals surface area contributed by atoms with Gasteiger partial charge in [-0.05, 0) is 43.4 Å². The predicted octanol–water partition coefficient (Wildman–Crippen LogP) is 2.26. The van der Waals surface area contributed by atoms with Crippen LogP contribution in [0.15, 0.2) is 18.1 Å². The van der Waals surface area contributed by atoms with Crippen LogP contribution in [0.1, 0.15) is 54.0 Å². The average molecular weight is 446 g/mol. The SMILES string of the molecule is [2H]c1c(F)c([2H])c(N([2H])C(C)=O)c([2H])c1N1CC([2H])N(C([2H])CCCN([2H])S(=O)(=O)C([2H])([2H])C([2H])(C([2H])([2H])[2H])C([2H])([2H])[2H])C([2H])C1. The lowest BCUT2D eigenvalue weighted by Gasteiger charge is -2.36. The van der Waals surface area contributed by atoms with Crippen molar-refractivity contribution in [3.05, 3.63) is 23.9 Å². The van der Waals surface area contributed by atoms with Crippen LogP contribution in [-0.4, -0.2) is 64.1 Å². The summed E-state index contributed by atoms with van der Waals surface area (Å²) in [6, 6.07) is -2.71. The molecule has 3 atom stereocenters. The molecule has 1 aliphatic rings. The van der Waals surface area contributed by atoms with Gasteiger partial charge in [0.25, 0.3) is 0 Å². The standard InChI is InChI=1S/C20H33FN4O3S/c1-16(2)15-29(27,28)22-6-4-5-7-24-8-10-25(11-9-24)20-13-18(21)12-19(14-20)23-17(3)26/h12-14,16,22H,4-11,15H2,1-3H3,(H,23,26)/i1D3,2D3,7D,8D,9D,12D,13D,14D,15D2,16D/hD2. The first kappa shape index (κ1) is 9.20. The molecule has 1 fully saturated rings. The van der Waals surface area contributed by atoms with Gasteiger partial charge in [0, 0.05) is 67.4 Å². The molecular formula is C20H33FN4O3S. The molecule has 0 saturated carbocycles. The molecule has 7 nitrogen and oxygen atoms in total. The van der Waals surface area contributed by atoms with E-state index in [1.807, 2.05) is 0 Å². The first-order chi connectivity index (χ1) is 20.6. The Bertz CT molecular complexity index is 1390. The summed E-state index contributed by atoms with van der Waals surface area (Å²) in [6.45, 7) is -13.0. The van der Waals surface area contributed by atoms with Gasteiger partial charge in [-0.2, -0.15) is 0 Å². The lowest BCUT2D eigenvalue weighted by molar-refractivity contribution is -0.114. The third-order valence-electron chi connectivity index (χ3n) is 3.50. The van der Waals surface area contributed by atoms with Crippen LogP contribution in [0, 0.1) is 11.7 Å². The Balaban J connectivity index is 2.23. The Labute approximate surface area is 197 Å². The second-order valence-corrected chi connectivity index (χ2v) is 7.28. The molecule has 2 N–H and O–H groups in total. The van der Waals surface area contributed by atoms with E-state index in [-0.39, 0.29) is 11.7 Å². The summed E-state index contributed by atoms with van der Waals surface area (Å²) in [6.07, 6.45) is -0.730.